The summed E-state index contributed by atoms with van der Waals surface area (Å²) >= 11 is 0. The summed E-state index contributed by atoms with van der Waals surface area (Å²) in [6.45, 7) is 2.42. The summed E-state index contributed by atoms with van der Waals surface area (Å²) in [6.07, 6.45) is 0. The van der Waals surface area contributed by atoms with E-state index in [2.05, 4.69) is 9.97 Å². The topological polar surface area (TPSA) is 74.8 Å². The Morgan fingerprint density at radius 3 is 1.92 bits per heavy atom. The molecular weight excluding hydrogens is 336 g/mol. The van der Waals surface area contributed by atoms with Crippen molar-refractivity contribution in [3.05, 3.63) is 24.3 Å². The Kier molecular flexibility index (Phi) is 5.06. The van der Waals surface area contributed by atoms with Gasteiger partial charge in [-0.25, -0.2) is 4.98 Å². The molecule has 7 heteroatoms. The minimum atomic E-state index is 0.510. The number of rotatable bonds is 7. The lowest BCUT2D eigenvalue weighted by molar-refractivity contribution is 0.288. The van der Waals surface area contributed by atoms with Gasteiger partial charge in [-0.2, -0.15) is 0 Å². The van der Waals surface area contributed by atoms with Crippen molar-refractivity contribution in [2.45, 2.75) is 6.92 Å². The minimum Gasteiger partial charge on any atom is -0.493 e. The second-order valence-electron chi connectivity index (χ2n) is 5.45. The van der Waals surface area contributed by atoms with Gasteiger partial charge in [-0.15, -0.1) is 0 Å². The second kappa shape index (κ2) is 7.43. The Labute approximate surface area is 151 Å². The van der Waals surface area contributed by atoms with E-state index >= 15 is 0 Å². The first kappa shape index (κ1) is 17.7. The van der Waals surface area contributed by atoms with E-state index in [1.807, 2.05) is 31.2 Å². The molecule has 1 N–H and O–H groups in total. The van der Waals surface area contributed by atoms with E-state index in [0.717, 1.165) is 16.6 Å². The molecule has 3 rings (SSSR count). The average Bonchev–Trinajstić information content (AvgIpc) is 3.09. The van der Waals surface area contributed by atoms with Crippen molar-refractivity contribution in [2.75, 3.05) is 35.0 Å². The highest BCUT2D eigenvalue weighted by atomic mass is 16.5. The molecule has 26 heavy (non-hydrogen) atoms. The molecule has 0 fully saturated rings. The Morgan fingerprint density at radius 2 is 1.38 bits per heavy atom. The molecule has 0 amide bonds. The van der Waals surface area contributed by atoms with E-state index in [1.165, 1.54) is 0 Å². The summed E-state index contributed by atoms with van der Waals surface area (Å²) < 4.78 is 27.3. The molecule has 138 valence electrons. The Morgan fingerprint density at radius 1 is 0.808 bits per heavy atom. The maximum atomic E-state index is 5.65. The summed E-state index contributed by atoms with van der Waals surface area (Å²) in [6, 6.07) is 7.41. The average molecular weight is 358 g/mol. The van der Waals surface area contributed by atoms with Crippen LogP contribution in [0, 0.1) is 0 Å². The molecule has 0 radical (unpaired) electrons. The largest absolute Gasteiger partial charge is 0.493 e. The summed E-state index contributed by atoms with van der Waals surface area (Å²) in [5.74, 6) is 3.67. The Bertz CT molecular complexity index is 854. The van der Waals surface area contributed by atoms with Crippen LogP contribution in [-0.4, -0.2) is 45.0 Å². The highest BCUT2D eigenvalue weighted by Crippen LogP contribution is 2.41. The quantitative estimate of drug-likeness (QED) is 0.695. The lowest BCUT2D eigenvalue weighted by Crippen LogP contribution is -1.99. The number of H-pyrrole nitrogens is 1. The van der Waals surface area contributed by atoms with Crippen LogP contribution in [0.25, 0.3) is 22.4 Å². The van der Waals surface area contributed by atoms with Crippen molar-refractivity contribution in [2.24, 2.45) is 0 Å². The number of methoxy groups -OCH3 is 4. The number of nitrogens with zero attached hydrogens (tertiary/aromatic N) is 1. The zero-order chi connectivity index (χ0) is 18.7. The first-order valence-electron chi connectivity index (χ1n) is 8.16. The Hall–Kier alpha value is -3.09. The second-order valence-corrected chi connectivity index (χ2v) is 5.45. The van der Waals surface area contributed by atoms with E-state index in [4.69, 9.17) is 23.7 Å². The van der Waals surface area contributed by atoms with Gasteiger partial charge in [0.15, 0.2) is 23.0 Å². The molecule has 0 aliphatic rings. The maximum absolute atomic E-state index is 5.65. The van der Waals surface area contributed by atoms with Crippen LogP contribution < -0.4 is 23.7 Å². The van der Waals surface area contributed by atoms with Gasteiger partial charge in [-0.1, -0.05) is 0 Å². The summed E-state index contributed by atoms with van der Waals surface area (Å²) in [4.78, 5) is 7.94. The summed E-state index contributed by atoms with van der Waals surface area (Å²) in [5.41, 5.74) is 2.42. The molecule has 0 saturated heterocycles. The number of ether oxygens (including phenoxy) is 5. The zero-order valence-corrected chi connectivity index (χ0v) is 15.5. The van der Waals surface area contributed by atoms with Crippen molar-refractivity contribution < 1.29 is 23.7 Å². The molecule has 0 atom stereocenters. The molecule has 3 aromatic rings. The van der Waals surface area contributed by atoms with Gasteiger partial charge in [-0.3, -0.25) is 0 Å². The number of fused-ring (bicyclic) bond motifs is 1. The molecule has 2 aromatic carbocycles. The van der Waals surface area contributed by atoms with Gasteiger partial charge in [0.05, 0.1) is 46.1 Å². The van der Waals surface area contributed by atoms with Crippen LogP contribution >= 0.6 is 0 Å². The maximum Gasteiger partial charge on any atom is 0.203 e. The smallest absolute Gasteiger partial charge is 0.203 e. The third kappa shape index (κ3) is 3.08. The molecule has 0 saturated carbocycles. The molecular formula is C19H22N2O5. The lowest BCUT2D eigenvalue weighted by atomic mass is 10.1. The fourth-order valence-corrected chi connectivity index (χ4v) is 2.78. The predicted molar refractivity (Wildman–Crippen MR) is 98.9 cm³/mol. The van der Waals surface area contributed by atoms with Gasteiger partial charge in [0.1, 0.15) is 5.82 Å². The van der Waals surface area contributed by atoms with E-state index in [-0.39, 0.29) is 0 Å². The predicted octanol–water partition coefficient (Wildman–Crippen LogP) is 3.66. The van der Waals surface area contributed by atoms with E-state index in [9.17, 15) is 0 Å². The van der Waals surface area contributed by atoms with Crippen LogP contribution in [0.4, 0.5) is 0 Å². The van der Waals surface area contributed by atoms with Crippen LogP contribution in [0.3, 0.4) is 0 Å². The molecule has 0 bridgehead atoms. The van der Waals surface area contributed by atoms with Crippen LogP contribution in [-0.2, 0) is 0 Å². The number of hydrogen-bond donors (Lipinski definition) is 1. The van der Waals surface area contributed by atoms with Crippen LogP contribution in [0.2, 0.25) is 0 Å². The number of aromatic nitrogens is 2. The number of benzene rings is 2. The van der Waals surface area contributed by atoms with Crippen LogP contribution in [0.1, 0.15) is 6.92 Å². The third-order valence-electron chi connectivity index (χ3n) is 4.01. The first-order chi connectivity index (χ1) is 12.6. The number of nitrogens with one attached hydrogen (secondary N) is 1. The van der Waals surface area contributed by atoms with Crippen molar-refractivity contribution in [3.8, 4) is 40.1 Å². The standard InChI is InChI=1S/C19H22N2O5/c1-6-26-18-16(24-4)7-11(8-17(18)25-5)19-20-12-9-14(22-2)15(23-3)10-13(12)21-19/h7-10H,6H2,1-5H3,(H,20,21). The number of hydrogen-bond acceptors (Lipinski definition) is 6. The molecule has 7 nitrogen and oxygen atoms in total. The van der Waals surface area contributed by atoms with Crippen molar-refractivity contribution in [1.29, 1.82) is 0 Å². The zero-order valence-electron chi connectivity index (χ0n) is 15.5. The fourth-order valence-electron chi connectivity index (χ4n) is 2.78. The highest BCUT2D eigenvalue weighted by Gasteiger charge is 2.17. The van der Waals surface area contributed by atoms with Gasteiger partial charge in [-0.05, 0) is 19.1 Å². The van der Waals surface area contributed by atoms with Crippen LogP contribution in [0.5, 0.6) is 28.7 Å². The first-order valence-corrected chi connectivity index (χ1v) is 8.16. The molecule has 0 spiro atoms. The fraction of sp³-hybridized carbons (Fsp3) is 0.316. The normalized spacial score (nSPS) is 10.7. The SMILES string of the molecule is CCOc1c(OC)cc(-c2nc3cc(OC)c(OC)cc3[nH]2)cc1OC. The van der Waals surface area contributed by atoms with Gasteiger partial charge < -0.3 is 28.7 Å². The number of imidazole rings is 1. The third-order valence-corrected chi connectivity index (χ3v) is 4.01. The van der Waals surface area contributed by atoms with Gasteiger partial charge in [0, 0.05) is 17.7 Å². The summed E-state index contributed by atoms with van der Waals surface area (Å²) in [5, 5.41) is 0. The van der Waals surface area contributed by atoms with Gasteiger partial charge >= 0.3 is 0 Å². The monoisotopic (exact) mass is 358 g/mol. The van der Waals surface area contributed by atoms with E-state index in [0.29, 0.717) is 41.2 Å². The summed E-state index contributed by atoms with van der Waals surface area (Å²) in [7, 11) is 6.38. The van der Waals surface area contributed by atoms with E-state index in [1.54, 1.807) is 28.4 Å². The van der Waals surface area contributed by atoms with Crippen molar-refractivity contribution >= 4 is 11.0 Å². The lowest BCUT2D eigenvalue weighted by Gasteiger charge is -2.14. The molecule has 0 aliphatic carbocycles. The highest BCUT2D eigenvalue weighted by molar-refractivity contribution is 5.83. The minimum absolute atomic E-state index is 0.510. The van der Waals surface area contributed by atoms with Gasteiger partial charge in [0.2, 0.25) is 5.75 Å². The Balaban J connectivity index is 2.13. The van der Waals surface area contributed by atoms with Crippen LogP contribution in [0.15, 0.2) is 24.3 Å². The van der Waals surface area contributed by atoms with Crippen molar-refractivity contribution in [3.63, 3.8) is 0 Å². The van der Waals surface area contributed by atoms with Gasteiger partial charge in [0.25, 0.3) is 0 Å². The van der Waals surface area contributed by atoms with E-state index < -0.39 is 0 Å². The molecule has 1 aromatic heterocycles. The molecule has 0 aliphatic heterocycles. The molecule has 0 unspecified atom stereocenters. The molecule has 1 heterocycles. The van der Waals surface area contributed by atoms with Crippen molar-refractivity contribution in [1.82, 2.24) is 9.97 Å². The number of aromatic amines is 1.